The number of hydrogen-bond acceptors (Lipinski definition) is 3. The lowest BCUT2D eigenvalue weighted by atomic mass is 9.85. The molecule has 1 aromatic rings. The molecule has 1 N–H and O–H groups in total. The minimum absolute atomic E-state index is 0.416. The highest BCUT2D eigenvalue weighted by molar-refractivity contribution is 5.33. The Labute approximate surface area is 128 Å². The van der Waals surface area contributed by atoms with Crippen molar-refractivity contribution in [3.63, 3.8) is 0 Å². The summed E-state index contributed by atoms with van der Waals surface area (Å²) >= 11 is 0. The molecule has 3 nitrogen and oxygen atoms in total. The van der Waals surface area contributed by atoms with Crippen LogP contribution >= 0.6 is 0 Å². The van der Waals surface area contributed by atoms with Gasteiger partial charge in [0.05, 0.1) is 0 Å². The summed E-state index contributed by atoms with van der Waals surface area (Å²) in [4.78, 5) is 2.57. The predicted octanol–water partition coefficient (Wildman–Crippen LogP) is 2.91. The van der Waals surface area contributed by atoms with Crippen molar-refractivity contribution >= 4 is 0 Å². The standard InChI is InChI=1S/C18H28N2O/c1-18(2)9-8-15(17(18)19-3)13-20-10-11-21-16-7-5-4-6-14(16)12-20/h4-7,15,17,19H,8-13H2,1-3H3. The van der Waals surface area contributed by atoms with Gasteiger partial charge in [-0.1, -0.05) is 32.0 Å². The van der Waals surface area contributed by atoms with Gasteiger partial charge in [-0.3, -0.25) is 4.90 Å². The smallest absolute Gasteiger partial charge is 0.123 e. The number of hydrogen-bond donors (Lipinski definition) is 1. The van der Waals surface area contributed by atoms with Gasteiger partial charge in [0.2, 0.25) is 0 Å². The normalized spacial score (nSPS) is 28.7. The third-order valence-corrected chi connectivity index (χ3v) is 5.31. The van der Waals surface area contributed by atoms with Gasteiger partial charge in [-0.2, -0.15) is 0 Å². The lowest BCUT2D eigenvalue weighted by Crippen LogP contribution is -2.44. The van der Waals surface area contributed by atoms with Crippen LogP contribution in [0.25, 0.3) is 0 Å². The van der Waals surface area contributed by atoms with Crippen LogP contribution < -0.4 is 10.1 Å². The largest absolute Gasteiger partial charge is 0.492 e. The van der Waals surface area contributed by atoms with Crippen LogP contribution in [0.2, 0.25) is 0 Å². The van der Waals surface area contributed by atoms with E-state index in [-0.39, 0.29) is 0 Å². The Kier molecular flexibility index (Phi) is 4.23. The van der Waals surface area contributed by atoms with Gasteiger partial charge < -0.3 is 10.1 Å². The lowest BCUT2D eigenvalue weighted by molar-refractivity contribution is 0.171. The Morgan fingerprint density at radius 1 is 1.33 bits per heavy atom. The van der Waals surface area contributed by atoms with Gasteiger partial charge in [0.15, 0.2) is 0 Å². The van der Waals surface area contributed by atoms with Gasteiger partial charge in [-0.05, 0) is 37.3 Å². The summed E-state index contributed by atoms with van der Waals surface area (Å²) in [5, 5.41) is 3.57. The van der Waals surface area contributed by atoms with E-state index in [0.29, 0.717) is 11.5 Å². The Bertz CT molecular complexity index is 486. The highest BCUT2D eigenvalue weighted by Crippen LogP contribution is 2.41. The zero-order valence-corrected chi connectivity index (χ0v) is 13.6. The molecule has 0 saturated heterocycles. The molecule has 0 aromatic heterocycles. The molecule has 1 heterocycles. The molecule has 0 spiro atoms. The van der Waals surface area contributed by atoms with Crippen molar-refractivity contribution in [2.24, 2.45) is 11.3 Å². The number of ether oxygens (including phenoxy) is 1. The zero-order valence-electron chi connectivity index (χ0n) is 13.6. The fourth-order valence-electron chi connectivity index (χ4n) is 4.21. The van der Waals surface area contributed by atoms with Crippen LogP contribution in [0, 0.1) is 11.3 Å². The Hall–Kier alpha value is -1.06. The molecule has 0 radical (unpaired) electrons. The summed E-state index contributed by atoms with van der Waals surface area (Å²) in [6, 6.07) is 9.08. The van der Waals surface area contributed by atoms with Crippen molar-refractivity contribution in [1.29, 1.82) is 0 Å². The topological polar surface area (TPSA) is 24.5 Å². The van der Waals surface area contributed by atoms with Gasteiger partial charge in [0.1, 0.15) is 12.4 Å². The molecule has 1 saturated carbocycles. The first kappa shape index (κ1) is 14.9. The molecular formula is C18H28N2O. The monoisotopic (exact) mass is 288 g/mol. The highest BCUT2D eigenvalue weighted by Gasteiger charge is 2.41. The first-order chi connectivity index (χ1) is 10.1. The van der Waals surface area contributed by atoms with Crippen molar-refractivity contribution in [2.45, 2.75) is 39.3 Å². The van der Waals surface area contributed by atoms with Gasteiger partial charge in [0, 0.05) is 31.2 Å². The molecular weight excluding hydrogens is 260 g/mol. The molecule has 116 valence electrons. The Morgan fingerprint density at radius 2 is 2.14 bits per heavy atom. The molecule has 0 amide bonds. The van der Waals surface area contributed by atoms with E-state index in [2.05, 4.69) is 55.4 Å². The van der Waals surface area contributed by atoms with Crippen LogP contribution in [0.3, 0.4) is 0 Å². The fourth-order valence-corrected chi connectivity index (χ4v) is 4.21. The van der Waals surface area contributed by atoms with E-state index in [1.165, 1.54) is 24.9 Å². The van der Waals surface area contributed by atoms with E-state index in [0.717, 1.165) is 31.4 Å². The first-order valence-electron chi connectivity index (χ1n) is 8.20. The summed E-state index contributed by atoms with van der Waals surface area (Å²) < 4.78 is 5.88. The first-order valence-corrected chi connectivity index (χ1v) is 8.20. The second kappa shape index (κ2) is 5.98. The van der Waals surface area contributed by atoms with Crippen molar-refractivity contribution in [3.8, 4) is 5.75 Å². The average Bonchev–Trinajstić information content (AvgIpc) is 2.62. The molecule has 3 rings (SSSR count). The number of nitrogens with zero attached hydrogens (tertiary/aromatic N) is 1. The van der Waals surface area contributed by atoms with Crippen LogP contribution in [0.1, 0.15) is 32.3 Å². The maximum absolute atomic E-state index is 5.88. The van der Waals surface area contributed by atoms with Crippen LogP contribution in [-0.4, -0.2) is 37.7 Å². The minimum atomic E-state index is 0.416. The van der Waals surface area contributed by atoms with Crippen LogP contribution in [0.4, 0.5) is 0 Å². The van der Waals surface area contributed by atoms with Crippen LogP contribution in [0.5, 0.6) is 5.75 Å². The van der Waals surface area contributed by atoms with E-state index in [9.17, 15) is 0 Å². The molecule has 2 unspecified atom stereocenters. The number of para-hydroxylation sites is 1. The van der Waals surface area contributed by atoms with Gasteiger partial charge in [0.25, 0.3) is 0 Å². The zero-order chi connectivity index (χ0) is 14.9. The molecule has 1 aromatic carbocycles. The number of benzene rings is 1. The van der Waals surface area contributed by atoms with Crippen molar-refractivity contribution in [3.05, 3.63) is 29.8 Å². The SMILES string of the molecule is CNC1C(CN2CCOc3ccccc3C2)CCC1(C)C. The van der Waals surface area contributed by atoms with E-state index >= 15 is 0 Å². The van der Waals surface area contributed by atoms with Crippen molar-refractivity contribution in [1.82, 2.24) is 10.2 Å². The molecule has 0 bridgehead atoms. The molecule has 1 aliphatic carbocycles. The van der Waals surface area contributed by atoms with Gasteiger partial charge in [-0.15, -0.1) is 0 Å². The second-order valence-corrected chi connectivity index (χ2v) is 7.24. The maximum Gasteiger partial charge on any atom is 0.123 e. The van der Waals surface area contributed by atoms with Crippen LogP contribution in [-0.2, 0) is 6.54 Å². The summed E-state index contributed by atoms with van der Waals surface area (Å²) in [5.41, 5.74) is 1.74. The number of nitrogens with one attached hydrogen (secondary N) is 1. The molecule has 2 aliphatic rings. The number of rotatable bonds is 3. The quantitative estimate of drug-likeness (QED) is 0.925. The van der Waals surface area contributed by atoms with Crippen LogP contribution in [0.15, 0.2) is 24.3 Å². The maximum atomic E-state index is 5.88. The third-order valence-electron chi connectivity index (χ3n) is 5.31. The summed E-state index contributed by atoms with van der Waals surface area (Å²) in [6.45, 7) is 8.82. The Morgan fingerprint density at radius 3 is 2.95 bits per heavy atom. The fraction of sp³-hybridized carbons (Fsp3) is 0.667. The summed E-state index contributed by atoms with van der Waals surface area (Å²) in [7, 11) is 2.12. The molecule has 1 aliphatic heterocycles. The highest BCUT2D eigenvalue weighted by atomic mass is 16.5. The summed E-state index contributed by atoms with van der Waals surface area (Å²) in [5.74, 6) is 1.81. The van der Waals surface area contributed by atoms with E-state index in [4.69, 9.17) is 4.74 Å². The number of fused-ring (bicyclic) bond motifs is 1. The van der Waals surface area contributed by atoms with E-state index in [1.54, 1.807) is 0 Å². The van der Waals surface area contributed by atoms with Gasteiger partial charge in [-0.25, -0.2) is 0 Å². The van der Waals surface area contributed by atoms with Gasteiger partial charge >= 0.3 is 0 Å². The molecule has 1 fully saturated rings. The third kappa shape index (κ3) is 3.09. The Balaban J connectivity index is 1.68. The van der Waals surface area contributed by atoms with E-state index in [1.807, 2.05) is 0 Å². The molecule has 2 atom stereocenters. The molecule has 21 heavy (non-hydrogen) atoms. The lowest BCUT2D eigenvalue weighted by Gasteiger charge is -2.33. The van der Waals surface area contributed by atoms with Crippen molar-refractivity contribution < 1.29 is 4.74 Å². The average molecular weight is 288 g/mol. The molecule has 3 heteroatoms. The summed E-state index contributed by atoms with van der Waals surface area (Å²) in [6.07, 6.45) is 2.65. The van der Waals surface area contributed by atoms with Crippen molar-refractivity contribution in [2.75, 3.05) is 26.7 Å². The predicted molar refractivity (Wildman–Crippen MR) is 86.6 cm³/mol. The minimum Gasteiger partial charge on any atom is -0.492 e. The van der Waals surface area contributed by atoms with E-state index < -0.39 is 0 Å². The second-order valence-electron chi connectivity index (χ2n) is 7.24.